The van der Waals surface area contributed by atoms with Gasteiger partial charge in [0.25, 0.3) is 0 Å². The zero-order chi connectivity index (χ0) is 12.4. The maximum atomic E-state index is 10.7. The van der Waals surface area contributed by atoms with Gasteiger partial charge in [-0.2, -0.15) is 5.10 Å². The number of carboxylic acids is 1. The summed E-state index contributed by atoms with van der Waals surface area (Å²) in [4.78, 5) is 12.7. The number of anilines is 1. The molecule has 5 nitrogen and oxygen atoms in total. The van der Waals surface area contributed by atoms with E-state index in [1.54, 1.807) is 0 Å². The lowest BCUT2D eigenvalue weighted by Gasteiger charge is -2.11. The van der Waals surface area contributed by atoms with Gasteiger partial charge in [-0.3, -0.25) is 5.10 Å². The molecule has 2 aromatic rings. The first-order chi connectivity index (χ1) is 8.08. The highest BCUT2D eigenvalue weighted by molar-refractivity contribution is 5.86. The third kappa shape index (κ3) is 2.28. The Balaban J connectivity index is 2.30. The zero-order valence-electron chi connectivity index (χ0n) is 9.64. The van der Waals surface area contributed by atoms with Gasteiger partial charge in [0.05, 0.1) is 5.69 Å². The maximum Gasteiger partial charge on any atom is 0.353 e. The summed E-state index contributed by atoms with van der Waals surface area (Å²) in [6.07, 6.45) is 0. The van der Waals surface area contributed by atoms with Crippen LogP contribution >= 0.6 is 0 Å². The third-order valence-corrected chi connectivity index (χ3v) is 2.49. The topological polar surface area (TPSA) is 69.2 Å². The molecular weight excluding hydrogens is 218 g/mol. The number of rotatable bonds is 3. The minimum Gasteiger partial charge on any atom is -0.477 e. The van der Waals surface area contributed by atoms with Gasteiger partial charge < -0.3 is 10.0 Å². The molecule has 0 fully saturated rings. The van der Waals surface area contributed by atoms with Crippen molar-refractivity contribution in [1.82, 2.24) is 10.2 Å². The molecule has 2 N–H and O–H groups in total. The molecule has 0 atom stereocenters. The molecule has 0 saturated heterocycles. The average molecular weight is 231 g/mol. The van der Waals surface area contributed by atoms with Gasteiger partial charge >= 0.3 is 5.97 Å². The molecular formula is C12H13N3O2. The molecule has 0 saturated carbocycles. The Hall–Kier alpha value is -2.30. The van der Waals surface area contributed by atoms with Gasteiger partial charge in [0, 0.05) is 25.3 Å². The van der Waals surface area contributed by atoms with Gasteiger partial charge in [0.2, 0.25) is 0 Å². The van der Waals surface area contributed by atoms with E-state index in [-0.39, 0.29) is 5.69 Å². The van der Waals surface area contributed by atoms with Crippen LogP contribution in [0, 0.1) is 0 Å². The lowest BCUT2D eigenvalue weighted by atomic mass is 10.1. The fourth-order valence-electron chi connectivity index (χ4n) is 1.51. The van der Waals surface area contributed by atoms with Crippen molar-refractivity contribution in [1.29, 1.82) is 0 Å². The first-order valence-electron chi connectivity index (χ1n) is 5.14. The standard InChI is InChI=1S/C12H13N3O2/c1-15(2)9-5-3-8(4-6-9)10-7-11(12(16)17)14-13-10/h3-7H,1-2H3,(H,13,14)(H,16,17). The molecule has 0 aliphatic rings. The van der Waals surface area contributed by atoms with Gasteiger partial charge in [-0.15, -0.1) is 0 Å². The highest BCUT2D eigenvalue weighted by Crippen LogP contribution is 2.21. The van der Waals surface area contributed by atoms with E-state index in [9.17, 15) is 4.79 Å². The van der Waals surface area contributed by atoms with Crippen LogP contribution in [0.25, 0.3) is 11.3 Å². The van der Waals surface area contributed by atoms with Gasteiger partial charge in [0.15, 0.2) is 0 Å². The van der Waals surface area contributed by atoms with Crippen molar-refractivity contribution in [3.63, 3.8) is 0 Å². The van der Waals surface area contributed by atoms with Crippen molar-refractivity contribution in [3.8, 4) is 11.3 Å². The number of benzene rings is 1. The summed E-state index contributed by atoms with van der Waals surface area (Å²) in [7, 11) is 3.93. The maximum absolute atomic E-state index is 10.7. The van der Waals surface area contributed by atoms with Crippen LogP contribution in [0.15, 0.2) is 30.3 Å². The number of carbonyl (C=O) groups is 1. The van der Waals surface area contributed by atoms with E-state index < -0.39 is 5.97 Å². The summed E-state index contributed by atoms with van der Waals surface area (Å²) < 4.78 is 0. The molecule has 0 radical (unpaired) electrons. The summed E-state index contributed by atoms with van der Waals surface area (Å²) in [6.45, 7) is 0. The number of H-pyrrole nitrogens is 1. The van der Waals surface area contributed by atoms with Crippen LogP contribution in [-0.2, 0) is 0 Å². The molecule has 0 aliphatic carbocycles. The molecule has 0 aliphatic heterocycles. The summed E-state index contributed by atoms with van der Waals surface area (Å²) in [5.41, 5.74) is 2.70. The number of aromatic amines is 1. The molecule has 1 aromatic carbocycles. The van der Waals surface area contributed by atoms with Crippen molar-refractivity contribution >= 4 is 11.7 Å². The average Bonchev–Trinajstić information content (AvgIpc) is 2.78. The molecule has 1 aromatic heterocycles. The monoisotopic (exact) mass is 231 g/mol. The minimum absolute atomic E-state index is 0.0942. The fourth-order valence-corrected chi connectivity index (χ4v) is 1.51. The largest absolute Gasteiger partial charge is 0.477 e. The van der Waals surface area contributed by atoms with Crippen LogP contribution in [0.3, 0.4) is 0 Å². The molecule has 5 heteroatoms. The van der Waals surface area contributed by atoms with Crippen molar-refractivity contribution < 1.29 is 9.90 Å². The van der Waals surface area contributed by atoms with Gasteiger partial charge in [0.1, 0.15) is 5.69 Å². The molecule has 0 bridgehead atoms. The van der Waals surface area contributed by atoms with Crippen molar-refractivity contribution in [2.24, 2.45) is 0 Å². The molecule has 0 amide bonds. The number of nitrogens with one attached hydrogen (secondary N) is 1. The second-order valence-electron chi connectivity index (χ2n) is 3.91. The number of nitrogens with zero attached hydrogens (tertiary/aromatic N) is 2. The Kier molecular flexibility index (Phi) is 2.82. The van der Waals surface area contributed by atoms with Crippen LogP contribution in [0.1, 0.15) is 10.5 Å². The second kappa shape index (κ2) is 4.29. The Labute approximate surface area is 98.7 Å². The van der Waals surface area contributed by atoms with Crippen LogP contribution in [0.5, 0.6) is 0 Å². The smallest absolute Gasteiger partial charge is 0.353 e. The highest BCUT2D eigenvalue weighted by atomic mass is 16.4. The quantitative estimate of drug-likeness (QED) is 0.845. The molecule has 17 heavy (non-hydrogen) atoms. The summed E-state index contributed by atoms with van der Waals surface area (Å²) in [5, 5.41) is 15.2. The normalized spacial score (nSPS) is 10.2. The zero-order valence-corrected chi connectivity index (χ0v) is 9.64. The number of aromatic nitrogens is 2. The molecule has 2 rings (SSSR count). The van der Waals surface area contributed by atoms with E-state index in [1.807, 2.05) is 43.3 Å². The van der Waals surface area contributed by atoms with E-state index in [1.165, 1.54) is 6.07 Å². The summed E-state index contributed by atoms with van der Waals surface area (Å²) in [6, 6.07) is 9.27. The SMILES string of the molecule is CN(C)c1ccc(-c2cc(C(=O)O)[nH]n2)cc1. The van der Waals surface area contributed by atoms with E-state index in [4.69, 9.17) is 5.11 Å². The van der Waals surface area contributed by atoms with E-state index >= 15 is 0 Å². The van der Waals surface area contributed by atoms with Crippen LogP contribution < -0.4 is 4.90 Å². The minimum atomic E-state index is -1.01. The van der Waals surface area contributed by atoms with Crippen molar-refractivity contribution in [2.45, 2.75) is 0 Å². The number of hydrogen-bond acceptors (Lipinski definition) is 3. The first kappa shape index (κ1) is 11.2. The molecule has 0 spiro atoms. The highest BCUT2D eigenvalue weighted by Gasteiger charge is 2.09. The first-order valence-corrected chi connectivity index (χ1v) is 5.14. The third-order valence-electron chi connectivity index (χ3n) is 2.49. The van der Waals surface area contributed by atoms with Crippen molar-refractivity contribution in [3.05, 3.63) is 36.0 Å². The fraction of sp³-hybridized carbons (Fsp3) is 0.167. The lowest BCUT2D eigenvalue weighted by Crippen LogP contribution is -2.07. The Morgan fingerprint density at radius 1 is 1.29 bits per heavy atom. The lowest BCUT2D eigenvalue weighted by molar-refractivity contribution is 0.0690. The number of aromatic carboxylic acids is 1. The molecule has 1 heterocycles. The van der Waals surface area contributed by atoms with Crippen LogP contribution in [0.4, 0.5) is 5.69 Å². The Morgan fingerprint density at radius 2 is 1.94 bits per heavy atom. The van der Waals surface area contributed by atoms with Gasteiger partial charge in [-0.05, 0) is 18.2 Å². The van der Waals surface area contributed by atoms with Gasteiger partial charge in [-0.1, -0.05) is 12.1 Å². The number of carboxylic acid groups (broad SMARTS) is 1. The summed E-state index contributed by atoms with van der Waals surface area (Å²) in [5.74, 6) is -1.01. The Morgan fingerprint density at radius 3 is 2.41 bits per heavy atom. The van der Waals surface area contributed by atoms with E-state index in [0.717, 1.165) is 11.3 Å². The second-order valence-corrected chi connectivity index (χ2v) is 3.91. The predicted octanol–water partition coefficient (Wildman–Crippen LogP) is 1.84. The van der Waals surface area contributed by atoms with Crippen LogP contribution in [-0.4, -0.2) is 35.4 Å². The molecule has 88 valence electrons. The van der Waals surface area contributed by atoms with Gasteiger partial charge in [-0.25, -0.2) is 4.79 Å². The number of hydrogen-bond donors (Lipinski definition) is 2. The van der Waals surface area contributed by atoms with Crippen molar-refractivity contribution in [2.75, 3.05) is 19.0 Å². The summed E-state index contributed by atoms with van der Waals surface area (Å²) >= 11 is 0. The molecule has 0 unspecified atom stereocenters. The van der Waals surface area contributed by atoms with E-state index in [0.29, 0.717) is 5.69 Å². The van der Waals surface area contributed by atoms with Crippen LogP contribution in [0.2, 0.25) is 0 Å². The predicted molar refractivity (Wildman–Crippen MR) is 65.3 cm³/mol. The Bertz CT molecular complexity index is 529. The van der Waals surface area contributed by atoms with E-state index in [2.05, 4.69) is 10.2 Å².